The van der Waals surface area contributed by atoms with Crippen molar-refractivity contribution in [1.82, 2.24) is 25.7 Å². The predicted molar refractivity (Wildman–Crippen MR) is 106 cm³/mol. The van der Waals surface area contributed by atoms with Gasteiger partial charge in [0.15, 0.2) is 5.96 Å². The van der Waals surface area contributed by atoms with Crippen molar-refractivity contribution >= 4 is 11.9 Å². The fourth-order valence-electron chi connectivity index (χ4n) is 2.40. The second kappa shape index (κ2) is 11.7. The van der Waals surface area contributed by atoms with Gasteiger partial charge >= 0.3 is 0 Å². The van der Waals surface area contributed by atoms with Crippen LogP contribution in [0.15, 0.2) is 47.7 Å². The van der Waals surface area contributed by atoms with E-state index in [1.54, 1.807) is 13.3 Å². The molecule has 1 aromatic carbocycles. The smallest absolute Gasteiger partial charge is 0.241 e. The molecule has 1 amide bonds. The van der Waals surface area contributed by atoms with Crippen LogP contribution < -0.4 is 16.0 Å². The standard InChI is InChI=1S/C19H28N6O2/c1-3-20-19(23-15-18(26)21-12-14-27-2)22-11-9-16-5-7-17(8-6-16)25-13-4-10-24-25/h4-8,10,13H,3,9,11-12,14-15H2,1-2H3,(H,21,26)(H2,20,22,23). The summed E-state index contributed by atoms with van der Waals surface area (Å²) in [6.45, 7) is 4.51. The summed E-state index contributed by atoms with van der Waals surface area (Å²) >= 11 is 0. The van der Waals surface area contributed by atoms with Gasteiger partial charge in [0.2, 0.25) is 5.91 Å². The van der Waals surface area contributed by atoms with Crippen LogP contribution in [0.3, 0.4) is 0 Å². The van der Waals surface area contributed by atoms with Crippen molar-refractivity contribution in [3.63, 3.8) is 0 Å². The molecule has 146 valence electrons. The van der Waals surface area contributed by atoms with Crippen molar-refractivity contribution in [2.45, 2.75) is 13.3 Å². The lowest BCUT2D eigenvalue weighted by atomic mass is 10.1. The summed E-state index contributed by atoms with van der Waals surface area (Å²) in [6.07, 6.45) is 4.53. The summed E-state index contributed by atoms with van der Waals surface area (Å²) < 4.78 is 6.73. The van der Waals surface area contributed by atoms with Crippen LogP contribution in [0.2, 0.25) is 0 Å². The molecule has 0 saturated heterocycles. The average molecular weight is 372 g/mol. The van der Waals surface area contributed by atoms with Crippen LogP contribution in [-0.2, 0) is 16.0 Å². The number of ether oxygens (including phenoxy) is 1. The number of carbonyl (C=O) groups excluding carboxylic acids is 1. The fraction of sp³-hybridized carbons (Fsp3) is 0.421. The summed E-state index contributed by atoms with van der Waals surface area (Å²) in [5.41, 5.74) is 2.25. The highest BCUT2D eigenvalue weighted by Crippen LogP contribution is 2.08. The van der Waals surface area contributed by atoms with Gasteiger partial charge in [-0.2, -0.15) is 5.10 Å². The van der Waals surface area contributed by atoms with Crippen molar-refractivity contribution in [1.29, 1.82) is 0 Å². The number of aliphatic imine (C=N–C) groups is 1. The molecule has 0 spiro atoms. The predicted octanol–water partition coefficient (Wildman–Crippen LogP) is 0.733. The maximum Gasteiger partial charge on any atom is 0.241 e. The van der Waals surface area contributed by atoms with Crippen LogP contribution in [0.4, 0.5) is 0 Å². The largest absolute Gasteiger partial charge is 0.383 e. The van der Waals surface area contributed by atoms with E-state index in [0.717, 1.165) is 25.2 Å². The number of benzene rings is 1. The van der Waals surface area contributed by atoms with Gasteiger partial charge in [0.25, 0.3) is 0 Å². The molecule has 0 aliphatic carbocycles. The molecule has 2 aromatic rings. The monoisotopic (exact) mass is 372 g/mol. The lowest BCUT2D eigenvalue weighted by Gasteiger charge is -2.11. The minimum absolute atomic E-state index is 0.0810. The van der Waals surface area contributed by atoms with E-state index >= 15 is 0 Å². The Hall–Kier alpha value is -2.87. The van der Waals surface area contributed by atoms with Crippen molar-refractivity contribution in [3.05, 3.63) is 48.3 Å². The lowest BCUT2D eigenvalue weighted by molar-refractivity contribution is -0.119. The molecule has 0 saturated carbocycles. The molecule has 0 atom stereocenters. The second-order valence-corrected chi connectivity index (χ2v) is 5.83. The normalized spacial score (nSPS) is 11.3. The topological polar surface area (TPSA) is 92.6 Å². The third-order valence-corrected chi connectivity index (χ3v) is 3.76. The Balaban J connectivity index is 1.78. The summed E-state index contributed by atoms with van der Waals surface area (Å²) in [4.78, 5) is 16.0. The van der Waals surface area contributed by atoms with Gasteiger partial charge in [-0.05, 0) is 37.1 Å². The highest BCUT2D eigenvalue weighted by atomic mass is 16.5. The molecular weight excluding hydrogens is 344 g/mol. The number of rotatable bonds is 10. The van der Waals surface area contributed by atoms with E-state index in [1.165, 1.54) is 5.56 Å². The third-order valence-electron chi connectivity index (χ3n) is 3.76. The number of methoxy groups -OCH3 is 1. The highest BCUT2D eigenvalue weighted by molar-refractivity contribution is 5.84. The van der Waals surface area contributed by atoms with Crippen molar-refractivity contribution in [2.75, 3.05) is 39.9 Å². The molecule has 0 radical (unpaired) electrons. The SMILES string of the molecule is CCNC(=NCC(=O)NCCOC)NCCc1ccc(-n2cccn2)cc1. The molecule has 3 N–H and O–H groups in total. The van der Waals surface area contributed by atoms with E-state index in [1.807, 2.05) is 36.0 Å². The van der Waals surface area contributed by atoms with Crippen LogP contribution in [0.25, 0.3) is 5.69 Å². The molecule has 0 bridgehead atoms. The molecule has 8 heteroatoms. The van der Waals surface area contributed by atoms with Gasteiger partial charge in [-0.3, -0.25) is 4.79 Å². The zero-order valence-electron chi connectivity index (χ0n) is 15.9. The number of amides is 1. The van der Waals surface area contributed by atoms with Crippen molar-refractivity contribution < 1.29 is 9.53 Å². The van der Waals surface area contributed by atoms with Crippen molar-refractivity contribution in [3.8, 4) is 5.69 Å². The van der Waals surface area contributed by atoms with Gasteiger partial charge in [-0.1, -0.05) is 12.1 Å². The Labute approximate surface area is 160 Å². The quantitative estimate of drug-likeness (QED) is 0.325. The molecule has 27 heavy (non-hydrogen) atoms. The molecule has 2 rings (SSSR count). The molecular formula is C19H28N6O2. The molecule has 0 fully saturated rings. The summed E-state index contributed by atoms with van der Waals surface area (Å²) in [5.74, 6) is 0.506. The Morgan fingerprint density at radius 3 is 2.67 bits per heavy atom. The van der Waals surface area contributed by atoms with Crippen LogP contribution in [-0.4, -0.2) is 61.5 Å². The van der Waals surface area contributed by atoms with E-state index in [4.69, 9.17) is 4.74 Å². The molecule has 0 unspecified atom stereocenters. The number of nitrogens with one attached hydrogen (secondary N) is 3. The number of guanidine groups is 1. The van der Waals surface area contributed by atoms with E-state index in [-0.39, 0.29) is 12.5 Å². The van der Waals surface area contributed by atoms with E-state index in [0.29, 0.717) is 19.1 Å². The average Bonchev–Trinajstić information content (AvgIpc) is 3.21. The molecule has 0 aliphatic heterocycles. The Morgan fingerprint density at radius 1 is 1.19 bits per heavy atom. The van der Waals surface area contributed by atoms with E-state index < -0.39 is 0 Å². The first-order chi connectivity index (χ1) is 13.2. The maximum atomic E-state index is 11.7. The van der Waals surface area contributed by atoms with Gasteiger partial charge in [0.05, 0.1) is 12.3 Å². The molecule has 8 nitrogen and oxygen atoms in total. The van der Waals surface area contributed by atoms with Gasteiger partial charge in [0, 0.05) is 39.1 Å². The van der Waals surface area contributed by atoms with E-state index in [2.05, 4.69) is 38.2 Å². The highest BCUT2D eigenvalue weighted by Gasteiger charge is 2.02. The Morgan fingerprint density at radius 2 is 2.00 bits per heavy atom. The zero-order valence-corrected chi connectivity index (χ0v) is 15.9. The van der Waals surface area contributed by atoms with Crippen molar-refractivity contribution in [2.24, 2.45) is 4.99 Å². The molecule has 1 heterocycles. The summed E-state index contributed by atoms with van der Waals surface area (Å²) in [5, 5.41) is 13.4. The first-order valence-electron chi connectivity index (χ1n) is 9.09. The number of nitrogens with zero attached hydrogens (tertiary/aromatic N) is 3. The van der Waals surface area contributed by atoms with Crippen LogP contribution >= 0.6 is 0 Å². The first-order valence-corrected chi connectivity index (χ1v) is 9.09. The maximum absolute atomic E-state index is 11.7. The number of carbonyl (C=O) groups is 1. The Kier molecular flexibility index (Phi) is 8.85. The number of hydrogen-bond donors (Lipinski definition) is 3. The Bertz CT molecular complexity index is 697. The summed E-state index contributed by atoms with van der Waals surface area (Å²) in [7, 11) is 1.60. The van der Waals surface area contributed by atoms with Crippen LogP contribution in [0.5, 0.6) is 0 Å². The molecule has 0 aliphatic rings. The second-order valence-electron chi connectivity index (χ2n) is 5.83. The minimum Gasteiger partial charge on any atom is -0.383 e. The zero-order chi connectivity index (χ0) is 19.3. The van der Waals surface area contributed by atoms with Crippen LogP contribution in [0, 0.1) is 0 Å². The first kappa shape index (κ1) is 20.4. The van der Waals surface area contributed by atoms with Crippen LogP contribution in [0.1, 0.15) is 12.5 Å². The fourth-order valence-corrected chi connectivity index (χ4v) is 2.40. The van der Waals surface area contributed by atoms with E-state index in [9.17, 15) is 4.79 Å². The number of aromatic nitrogens is 2. The lowest BCUT2D eigenvalue weighted by Crippen LogP contribution is -2.39. The number of hydrogen-bond acceptors (Lipinski definition) is 4. The summed E-state index contributed by atoms with van der Waals surface area (Å²) in [6, 6.07) is 10.2. The van der Waals surface area contributed by atoms with Gasteiger partial charge in [-0.15, -0.1) is 0 Å². The minimum atomic E-state index is -0.126. The van der Waals surface area contributed by atoms with Gasteiger partial charge in [-0.25, -0.2) is 9.67 Å². The third kappa shape index (κ3) is 7.49. The molecule has 1 aromatic heterocycles. The van der Waals surface area contributed by atoms with Gasteiger partial charge in [0.1, 0.15) is 6.54 Å². The van der Waals surface area contributed by atoms with Gasteiger partial charge < -0.3 is 20.7 Å².